The molecular formula is C21H24N6O3. The van der Waals surface area contributed by atoms with E-state index in [1.807, 2.05) is 30.3 Å². The summed E-state index contributed by atoms with van der Waals surface area (Å²) in [5.41, 5.74) is -0.160. The second kappa shape index (κ2) is 7.75. The molecule has 1 aromatic carbocycles. The van der Waals surface area contributed by atoms with Gasteiger partial charge in [-0.1, -0.05) is 30.3 Å². The van der Waals surface area contributed by atoms with Gasteiger partial charge in [-0.05, 0) is 18.1 Å². The molecule has 156 valence electrons. The van der Waals surface area contributed by atoms with Crippen LogP contribution in [0.5, 0.6) is 0 Å². The summed E-state index contributed by atoms with van der Waals surface area (Å²) in [5, 5.41) is 16.0. The molecule has 2 aromatic heterocycles. The van der Waals surface area contributed by atoms with E-state index >= 15 is 0 Å². The molecule has 2 saturated heterocycles. The van der Waals surface area contributed by atoms with E-state index in [0.717, 1.165) is 18.7 Å². The van der Waals surface area contributed by atoms with Gasteiger partial charge in [0.2, 0.25) is 5.82 Å². The first-order valence-corrected chi connectivity index (χ1v) is 10.2. The van der Waals surface area contributed by atoms with Gasteiger partial charge < -0.3 is 14.7 Å². The van der Waals surface area contributed by atoms with Crippen molar-refractivity contribution in [1.82, 2.24) is 29.4 Å². The summed E-state index contributed by atoms with van der Waals surface area (Å²) < 4.78 is 7.01. The summed E-state index contributed by atoms with van der Waals surface area (Å²) in [7, 11) is 0. The second-order valence-electron chi connectivity index (χ2n) is 7.76. The summed E-state index contributed by atoms with van der Waals surface area (Å²) >= 11 is 0. The van der Waals surface area contributed by atoms with E-state index in [9.17, 15) is 9.90 Å². The highest BCUT2D eigenvalue weighted by Gasteiger charge is 2.47. The molecule has 9 heteroatoms. The smallest absolute Gasteiger partial charge is 0.293 e. The summed E-state index contributed by atoms with van der Waals surface area (Å²) in [5.74, 6) is 0.275. The van der Waals surface area contributed by atoms with Crippen LogP contribution in [0, 0.1) is 0 Å². The molecule has 0 bridgehead atoms. The fraction of sp³-hybridized carbons (Fsp3) is 0.429. The predicted molar refractivity (Wildman–Crippen MR) is 108 cm³/mol. The number of amides is 1. The Hall–Kier alpha value is -2.88. The maximum Gasteiger partial charge on any atom is 0.293 e. The third-order valence-corrected chi connectivity index (χ3v) is 6.06. The van der Waals surface area contributed by atoms with Crippen molar-refractivity contribution in [2.45, 2.75) is 18.1 Å². The molecule has 0 spiro atoms. The maximum atomic E-state index is 13.2. The summed E-state index contributed by atoms with van der Waals surface area (Å²) in [6, 6.07) is 11.2. The number of fused-ring (bicyclic) bond motifs is 1. The van der Waals surface area contributed by atoms with Crippen LogP contribution in [0.3, 0.4) is 0 Å². The molecule has 1 N–H and O–H groups in total. The van der Waals surface area contributed by atoms with E-state index in [0.29, 0.717) is 38.5 Å². The zero-order chi connectivity index (χ0) is 20.6. The van der Waals surface area contributed by atoms with Gasteiger partial charge in [0.05, 0.1) is 19.3 Å². The number of hydrogen-bond donors (Lipinski definition) is 1. The minimum atomic E-state index is -1.04. The maximum absolute atomic E-state index is 13.2. The van der Waals surface area contributed by atoms with E-state index in [4.69, 9.17) is 4.74 Å². The van der Waals surface area contributed by atoms with Crippen molar-refractivity contribution in [3.8, 4) is 0 Å². The number of aromatic nitrogens is 4. The number of carbonyl (C=O) groups excluding carboxylic acids is 1. The number of hydrogen-bond acceptors (Lipinski definition) is 7. The normalized spacial score (nSPS) is 25.5. The monoisotopic (exact) mass is 408 g/mol. The molecule has 9 nitrogen and oxygen atoms in total. The van der Waals surface area contributed by atoms with Gasteiger partial charge in [0, 0.05) is 38.6 Å². The molecule has 2 aliphatic heterocycles. The molecule has 2 fully saturated rings. The fourth-order valence-electron chi connectivity index (χ4n) is 4.44. The third kappa shape index (κ3) is 3.34. The molecule has 0 unspecified atom stereocenters. The zero-order valence-electron chi connectivity index (χ0n) is 16.6. The van der Waals surface area contributed by atoms with Gasteiger partial charge in [0.15, 0.2) is 0 Å². The van der Waals surface area contributed by atoms with E-state index in [1.54, 1.807) is 23.4 Å². The van der Waals surface area contributed by atoms with Crippen molar-refractivity contribution in [3.05, 3.63) is 60.2 Å². The number of benzene rings is 1. The zero-order valence-corrected chi connectivity index (χ0v) is 16.6. The fourth-order valence-corrected chi connectivity index (χ4v) is 4.44. The lowest BCUT2D eigenvalue weighted by Crippen LogP contribution is -2.63. The molecule has 2 aliphatic rings. The van der Waals surface area contributed by atoms with Gasteiger partial charge in [-0.15, -0.1) is 5.10 Å². The number of nitrogens with zero attached hydrogens (tertiary/aromatic N) is 6. The standard InChI is InChI=1S/C21H24N6O3/c28-19(18-23-20-22-8-4-9-27(20)24-18)26-10-7-21(29,16-5-2-1-3-6-16)17(15-26)25-11-13-30-14-12-25/h1-6,8-9,17,29H,7,10-15H2/t17-,21+/m1/s1. The van der Waals surface area contributed by atoms with Gasteiger partial charge >= 0.3 is 0 Å². The van der Waals surface area contributed by atoms with Crippen molar-refractivity contribution >= 4 is 11.7 Å². The SMILES string of the molecule is O=C(c1nc2ncccn2n1)N1CC[C@](O)(c2ccccc2)[C@H](N2CCOCC2)C1. The lowest BCUT2D eigenvalue weighted by atomic mass is 9.79. The van der Waals surface area contributed by atoms with Gasteiger partial charge in [0.1, 0.15) is 5.60 Å². The number of piperidine rings is 1. The average molecular weight is 408 g/mol. The second-order valence-corrected chi connectivity index (χ2v) is 7.76. The van der Waals surface area contributed by atoms with Crippen LogP contribution < -0.4 is 0 Å². The van der Waals surface area contributed by atoms with E-state index < -0.39 is 5.60 Å². The Morgan fingerprint density at radius 3 is 2.70 bits per heavy atom. The molecule has 4 heterocycles. The van der Waals surface area contributed by atoms with Crippen LogP contribution in [0.4, 0.5) is 0 Å². The molecule has 30 heavy (non-hydrogen) atoms. The number of morpholine rings is 1. The average Bonchev–Trinajstić information content (AvgIpc) is 3.24. The Morgan fingerprint density at radius 1 is 1.13 bits per heavy atom. The van der Waals surface area contributed by atoms with E-state index in [1.165, 1.54) is 4.52 Å². The van der Waals surface area contributed by atoms with Crippen LogP contribution in [-0.2, 0) is 10.3 Å². The summed E-state index contributed by atoms with van der Waals surface area (Å²) in [6.45, 7) is 3.50. The minimum absolute atomic E-state index is 0.125. The predicted octanol–water partition coefficient (Wildman–Crippen LogP) is 0.559. The van der Waals surface area contributed by atoms with Gasteiger partial charge in [-0.25, -0.2) is 9.50 Å². The minimum Gasteiger partial charge on any atom is -0.383 e. The first kappa shape index (κ1) is 19.1. The first-order valence-electron chi connectivity index (χ1n) is 10.2. The van der Waals surface area contributed by atoms with Crippen LogP contribution in [0.15, 0.2) is 48.8 Å². The molecule has 0 saturated carbocycles. The number of aliphatic hydroxyl groups is 1. The first-order chi connectivity index (χ1) is 14.6. The van der Waals surface area contributed by atoms with Crippen molar-refractivity contribution in [1.29, 1.82) is 0 Å². The van der Waals surface area contributed by atoms with Crippen molar-refractivity contribution in [3.63, 3.8) is 0 Å². The largest absolute Gasteiger partial charge is 0.383 e. The topological polar surface area (TPSA) is 96.1 Å². The molecule has 5 rings (SSSR count). The van der Waals surface area contributed by atoms with Crippen molar-refractivity contribution in [2.75, 3.05) is 39.4 Å². The van der Waals surface area contributed by atoms with Gasteiger partial charge in [-0.2, -0.15) is 4.98 Å². The van der Waals surface area contributed by atoms with Gasteiger partial charge in [0.25, 0.3) is 11.7 Å². The van der Waals surface area contributed by atoms with Crippen molar-refractivity contribution in [2.24, 2.45) is 0 Å². The highest BCUT2D eigenvalue weighted by Crippen LogP contribution is 2.36. The molecule has 3 aromatic rings. The molecule has 1 amide bonds. The third-order valence-electron chi connectivity index (χ3n) is 6.06. The number of ether oxygens (including phenoxy) is 1. The Balaban J connectivity index is 1.44. The Kier molecular flexibility index (Phi) is 4.93. The summed E-state index contributed by atoms with van der Waals surface area (Å²) in [6.07, 6.45) is 3.77. The van der Waals surface area contributed by atoms with Crippen LogP contribution >= 0.6 is 0 Å². The molecular weight excluding hydrogens is 384 g/mol. The van der Waals surface area contributed by atoms with Crippen LogP contribution in [0.1, 0.15) is 22.6 Å². The van der Waals surface area contributed by atoms with Crippen LogP contribution in [-0.4, -0.2) is 85.8 Å². The quantitative estimate of drug-likeness (QED) is 0.676. The Bertz CT molecular complexity index is 1000. The van der Waals surface area contributed by atoms with Crippen LogP contribution in [0.2, 0.25) is 0 Å². The molecule has 0 radical (unpaired) electrons. The van der Waals surface area contributed by atoms with Gasteiger partial charge in [-0.3, -0.25) is 9.69 Å². The Labute approximate surface area is 173 Å². The number of carbonyl (C=O) groups is 1. The van der Waals surface area contributed by atoms with E-state index in [-0.39, 0.29) is 17.8 Å². The van der Waals surface area contributed by atoms with Crippen LogP contribution in [0.25, 0.3) is 5.78 Å². The summed E-state index contributed by atoms with van der Waals surface area (Å²) in [4.78, 5) is 25.6. The highest BCUT2D eigenvalue weighted by molar-refractivity contribution is 5.91. The number of likely N-dealkylation sites (tertiary alicyclic amines) is 1. The molecule has 0 aliphatic carbocycles. The Morgan fingerprint density at radius 2 is 1.93 bits per heavy atom. The van der Waals surface area contributed by atoms with E-state index in [2.05, 4.69) is 20.0 Å². The lowest BCUT2D eigenvalue weighted by molar-refractivity contribution is -0.112. The molecule has 2 atom stereocenters. The highest BCUT2D eigenvalue weighted by atomic mass is 16.5. The number of rotatable bonds is 3. The lowest BCUT2D eigenvalue weighted by Gasteiger charge is -2.50. The van der Waals surface area contributed by atoms with Crippen molar-refractivity contribution < 1.29 is 14.6 Å².